The summed E-state index contributed by atoms with van der Waals surface area (Å²) in [6, 6.07) is 13.5. The molecule has 1 aliphatic heterocycles. The van der Waals surface area contributed by atoms with Gasteiger partial charge in [0.25, 0.3) is 0 Å². The van der Waals surface area contributed by atoms with Gasteiger partial charge in [-0.05, 0) is 36.8 Å². The number of thiazole rings is 1. The van der Waals surface area contributed by atoms with Gasteiger partial charge < -0.3 is 19.5 Å². The zero-order chi connectivity index (χ0) is 19.3. The Balaban J connectivity index is 1.37. The predicted molar refractivity (Wildman–Crippen MR) is 107 cm³/mol. The maximum Gasteiger partial charge on any atom is 0.231 e. The van der Waals surface area contributed by atoms with Crippen LogP contribution in [0.15, 0.2) is 47.8 Å². The number of nitrogens with zero attached hydrogens (tertiary/aromatic N) is 1. The number of hydrogen-bond donors (Lipinski definition) is 1. The van der Waals surface area contributed by atoms with Gasteiger partial charge in [0.05, 0.1) is 24.3 Å². The van der Waals surface area contributed by atoms with Crippen LogP contribution in [0.3, 0.4) is 0 Å². The highest BCUT2D eigenvalue weighted by Crippen LogP contribution is 2.33. The second-order valence-electron chi connectivity index (χ2n) is 6.21. The van der Waals surface area contributed by atoms with Gasteiger partial charge in [-0.2, -0.15) is 0 Å². The first-order valence-corrected chi connectivity index (χ1v) is 9.92. The molecule has 2 aromatic carbocycles. The highest BCUT2D eigenvalue weighted by atomic mass is 32.1. The van der Waals surface area contributed by atoms with E-state index in [4.69, 9.17) is 14.2 Å². The third-order valence-electron chi connectivity index (χ3n) is 4.24. The standard InChI is InChI=1S/C21H20N2O4S/c1-2-25-17-6-4-3-5-16(17)21-23-15(12-28-21)10-20(24)22-11-14-7-8-18-19(9-14)27-13-26-18/h3-9,12H,2,10-11,13H2,1H3,(H,22,24). The van der Waals surface area contributed by atoms with E-state index < -0.39 is 0 Å². The molecule has 3 aromatic rings. The topological polar surface area (TPSA) is 69.7 Å². The molecule has 0 fully saturated rings. The Morgan fingerprint density at radius 2 is 2.07 bits per heavy atom. The van der Waals surface area contributed by atoms with Gasteiger partial charge in [0.15, 0.2) is 11.5 Å². The molecule has 2 heterocycles. The molecule has 144 valence electrons. The monoisotopic (exact) mass is 396 g/mol. The van der Waals surface area contributed by atoms with Crippen molar-refractivity contribution in [2.75, 3.05) is 13.4 Å². The zero-order valence-corrected chi connectivity index (χ0v) is 16.3. The maximum absolute atomic E-state index is 12.3. The van der Waals surface area contributed by atoms with Crippen LogP contribution in [0.5, 0.6) is 17.2 Å². The summed E-state index contributed by atoms with van der Waals surface area (Å²) in [5.74, 6) is 2.17. The number of benzene rings is 2. The van der Waals surface area contributed by atoms with Crippen molar-refractivity contribution in [2.45, 2.75) is 19.9 Å². The van der Waals surface area contributed by atoms with E-state index in [2.05, 4.69) is 10.3 Å². The highest BCUT2D eigenvalue weighted by molar-refractivity contribution is 7.13. The molecule has 0 saturated heterocycles. The summed E-state index contributed by atoms with van der Waals surface area (Å²) < 4.78 is 16.3. The van der Waals surface area contributed by atoms with Crippen LogP contribution in [0.1, 0.15) is 18.2 Å². The second kappa shape index (κ2) is 8.31. The lowest BCUT2D eigenvalue weighted by Crippen LogP contribution is -2.24. The Labute approximate surface area is 167 Å². The van der Waals surface area contributed by atoms with Crippen LogP contribution in [0.2, 0.25) is 0 Å². The lowest BCUT2D eigenvalue weighted by Gasteiger charge is -2.07. The minimum absolute atomic E-state index is 0.0763. The summed E-state index contributed by atoms with van der Waals surface area (Å²) in [5, 5.41) is 5.69. The van der Waals surface area contributed by atoms with Gasteiger partial charge in [-0.3, -0.25) is 4.79 Å². The first kappa shape index (κ1) is 18.3. The number of hydrogen-bond acceptors (Lipinski definition) is 6. The average Bonchev–Trinajstić information content (AvgIpc) is 3.36. The van der Waals surface area contributed by atoms with Crippen molar-refractivity contribution in [3.05, 3.63) is 59.1 Å². The van der Waals surface area contributed by atoms with Crippen molar-refractivity contribution in [3.8, 4) is 27.8 Å². The summed E-state index contributed by atoms with van der Waals surface area (Å²) in [4.78, 5) is 16.9. The van der Waals surface area contributed by atoms with Gasteiger partial charge in [0.1, 0.15) is 10.8 Å². The van der Waals surface area contributed by atoms with Crippen molar-refractivity contribution >= 4 is 17.2 Å². The van der Waals surface area contributed by atoms with Gasteiger partial charge in [0, 0.05) is 11.9 Å². The van der Waals surface area contributed by atoms with Crippen molar-refractivity contribution < 1.29 is 19.0 Å². The number of aromatic nitrogens is 1. The fraction of sp³-hybridized carbons (Fsp3) is 0.238. The number of fused-ring (bicyclic) bond motifs is 1. The van der Waals surface area contributed by atoms with E-state index in [0.29, 0.717) is 18.9 Å². The van der Waals surface area contributed by atoms with Crippen molar-refractivity contribution in [1.82, 2.24) is 10.3 Å². The molecule has 0 bridgehead atoms. The molecular weight excluding hydrogens is 376 g/mol. The molecule has 7 heteroatoms. The van der Waals surface area contributed by atoms with E-state index in [-0.39, 0.29) is 19.1 Å². The van der Waals surface area contributed by atoms with E-state index in [1.54, 1.807) is 0 Å². The summed E-state index contributed by atoms with van der Waals surface area (Å²) in [7, 11) is 0. The number of carbonyl (C=O) groups is 1. The molecule has 4 rings (SSSR count). The number of amides is 1. The number of carbonyl (C=O) groups excluding carboxylic acids is 1. The maximum atomic E-state index is 12.3. The predicted octanol–water partition coefficient (Wildman–Crippen LogP) is 3.80. The Bertz CT molecular complexity index is 986. The quantitative estimate of drug-likeness (QED) is 0.658. The SMILES string of the molecule is CCOc1ccccc1-c1nc(CC(=O)NCc2ccc3c(c2)OCO3)cs1. The number of para-hydroxylation sites is 1. The minimum Gasteiger partial charge on any atom is -0.493 e. The fourth-order valence-corrected chi connectivity index (χ4v) is 3.76. The number of rotatable bonds is 7. The van der Waals surface area contributed by atoms with Gasteiger partial charge >= 0.3 is 0 Å². The summed E-state index contributed by atoms with van der Waals surface area (Å²) in [5.41, 5.74) is 2.65. The summed E-state index contributed by atoms with van der Waals surface area (Å²) in [6.07, 6.45) is 0.234. The van der Waals surface area contributed by atoms with E-state index in [1.165, 1.54) is 11.3 Å². The number of ether oxygens (including phenoxy) is 3. The lowest BCUT2D eigenvalue weighted by atomic mass is 10.2. The van der Waals surface area contributed by atoms with E-state index in [0.717, 1.165) is 33.3 Å². The first-order valence-electron chi connectivity index (χ1n) is 9.04. The molecule has 6 nitrogen and oxygen atoms in total. The molecule has 0 atom stereocenters. The van der Waals surface area contributed by atoms with Crippen molar-refractivity contribution in [2.24, 2.45) is 0 Å². The van der Waals surface area contributed by atoms with E-state index >= 15 is 0 Å². The van der Waals surface area contributed by atoms with Gasteiger partial charge in [-0.15, -0.1) is 11.3 Å². The molecule has 1 amide bonds. The van der Waals surface area contributed by atoms with E-state index in [1.807, 2.05) is 54.8 Å². The smallest absolute Gasteiger partial charge is 0.231 e. The highest BCUT2D eigenvalue weighted by Gasteiger charge is 2.15. The molecule has 1 N–H and O–H groups in total. The molecule has 0 spiro atoms. The van der Waals surface area contributed by atoms with Crippen molar-refractivity contribution in [3.63, 3.8) is 0 Å². The third-order valence-corrected chi connectivity index (χ3v) is 5.16. The third kappa shape index (κ3) is 4.09. The molecule has 0 aliphatic carbocycles. The normalized spacial score (nSPS) is 12.0. The minimum atomic E-state index is -0.0763. The van der Waals surface area contributed by atoms with Crippen LogP contribution < -0.4 is 19.5 Å². The molecule has 0 unspecified atom stereocenters. The Kier molecular flexibility index (Phi) is 5.43. The van der Waals surface area contributed by atoms with Crippen LogP contribution in [0.4, 0.5) is 0 Å². The van der Waals surface area contributed by atoms with Gasteiger partial charge in [0.2, 0.25) is 12.7 Å². The van der Waals surface area contributed by atoms with Crippen LogP contribution in [0, 0.1) is 0 Å². The molecule has 0 saturated carbocycles. The zero-order valence-electron chi connectivity index (χ0n) is 15.4. The van der Waals surface area contributed by atoms with Gasteiger partial charge in [-0.1, -0.05) is 18.2 Å². The largest absolute Gasteiger partial charge is 0.493 e. The summed E-state index contributed by atoms with van der Waals surface area (Å²) in [6.45, 7) is 3.22. The van der Waals surface area contributed by atoms with Gasteiger partial charge in [-0.25, -0.2) is 4.98 Å². The Morgan fingerprint density at radius 3 is 2.96 bits per heavy atom. The van der Waals surface area contributed by atoms with Crippen LogP contribution >= 0.6 is 11.3 Å². The number of nitrogens with one attached hydrogen (secondary N) is 1. The molecule has 28 heavy (non-hydrogen) atoms. The molecular formula is C21H20N2O4S. The van der Waals surface area contributed by atoms with Crippen LogP contribution in [-0.4, -0.2) is 24.3 Å². The van der Waals surface area contributed by atoms with E-state index in [9.17, 15) is 4.79 Å². The van der Waals surface area contributed by atoms with Crippen LogP contribution in [0.25, 0.3) is 10.6 Å². The summed E-state index contributed by atoms with van der Waals surface area (Å²) >= 11 is 1.51. The fourth-order valence-electron chi connectivity index (χ4n) is 2.92. The second-order valence-corrected chi connectivity index (χ2v) is 7.07. The lowest BCUT2D eigenvalue weighted by molar-refractivity contribution is -0.120. The Morgan fingerprint density at radius 1 is 1.21 bits per heavy atom. The first-order chi connectivity index (χ1) is 13.7. The van der Waals surface area contributed by atoms with Crippen LogP contribution in [-0.2, 0) is 17.8 Å². The molecule has 1 aliphatic rings. The van der Waals surface area contributed by atoms with Crippen molar-refractivity contribution in [1.29, 1.82) is 0 Å². The Hall–Kier alpha value is -3.06. The molecule has 0 radical (unpaired) electrons. The molecule has 1 aromatic heterocycles. The average molecular weight is 396 g/mol.